The molecule has 2 N–H and O–H groups in total. The molecule has 0 radical (unpaired) electrons. The number of aryl methyl sites for hydroxylation is 1. The van der Waals surface area contributed by atoms with Gasteiger partial charge in [-0.3, -0.25) is 19.3 Å². The summed E-state index contributed by atoms with van der Waals surface area (Å²) in [6.45, 7) is 5.48. The minimum Gasteiger partial charge on any atom is -0.466 e. The number of rotatable bonds is 8. The number of nitrogens with zero attached hydrogens (tertiary/aromatic N) is 1. The fourth-order valence-electron chi connectivity index (χ4n) is 2.82. The summed E-state index contributed by atoms with van der Waals surface area (Å²) in [4.78, 5) is 49.2. The van der Waals surface area contributed by atoms with Gasteiger partial charge in [-0.15, -0.1) is 0 Å². The number of ether oxygens (including phenoxy) is 1. The molecule has 1 aromatic carbocycles. The van der Waals surface area contributed by atoms with E-state index in [4.69, 9.17) is 4.74 Å². The first kappa shape index (κ1) is 20.4. The number of urea groups is 1. The zero-order chi connectivity index (χ0) is 20.0. The molecule has 0 spiro atoms. The molecule has 4 amide bonds. The summed E-state index contributed by atoms with van der Waals surface area (Å²) in [6, 6.07) is 6.68. The zero-order valence-corrected chi connectivity index (χ0v) is 15.8. The lowest BCUT2D eigenvalue weighted by Crippen LogP contribution is -2.43. The molecule has 1 saturated heterocycles. The van der Waals surface area contributed by atoms with Gasteiger partial charge in [0.1, 0.15) is 12.1 Å². The van der Waals surface area contributed by atoms with Crippen LogP contribution in [0.15, 0.2) is 24.3 Å². The Kier molecular flexibility index (Phi) is 6.55. The van der Waals surface area contributed by atoms with Crippen molar-refractivity contribution in [3.8, 4) is 0 Å². The van der Waals surface area contributed by atoms with Crippen molar-refractivity contribution in [3.05, 3.63) is 35.4 Å². The summed E-state index contributed by atoms with van der Waals surface area (Å²) in [6.07, 6.45) is 0.620. The molecule has 0 bridgehead atoms. The molecule has 0 saturated carbocycles. The molecule has 27 heavy (non-hydrogen) atoms. The summed E-state index contributed by atoms with van der Waals surface area (Å²) < 4.78 is 4.80. The van der Waals surface area contributed by atoms with E-state index >= 15 is 0 Å². The van der Waals surface area contributed by atoms with Gasteiger partial charge >= 0.3 is 12.0 Å². The van der Waals surface area contributed by atoms with Crippen LogP contribution in [0, 0.1) is 6.92 Å². The molecule has 1 aliphatic heterocycles. The third kappa shape index (κ3) is 4.84. The summed E-state index contributed by atoms with van der Waals surface area (Å²) in [5.41, 5.74) is 0.497. The van der Waals surface area contributed by atoms with Crippen LogP contribution in [-0.4, -0.2) is 48.4 Å². The second-order valence-electron chi connectivity index (χ2n) is 6.57. The highest BCUT2D eigenvalue weighted by molar-refractivity contribution is 6.09. The number of imide groups is 1. The van der Waals surface area contributed by atoms with Gasteiger partial charge < -0.3 is 15.4 Å². The Morgan fingerprint density at radius 3 is 2.52 bits per heavy atom. The second-order valence-corrected chi connectivity index (χ2v) is 6.57. The predicted octanol–water partition coefficient (Wildman–Crippen LogP) is 1.22. The van der Waals surface area contributed by atoms with Gasteiger partial charge in [-0.25, -0.2) is 4.79 Å². The van der Waals surface area contributed by atoms with E-state index in [-0.39, 0.29) is 25.5 Å². The van der Waals surface area contributed by atoms with Crippen LogP contribution in [0.1, 0.15) is 37.8 Å². The number of carbonyl (C=O) groups is 4. The largest absolute Gasteiger partial charge is 0.466 e. The van der Waals surface area contributed by atoms with E-state index in [2.05, 4.69) is 10.6 Å². The zero-order valence-electron chi connectivity index (χ0n) is 15.8. The van der Waals surface area contributed by atoms with Gasteiger partial charge in [0.05, 0.1) is 6.61 Å². The molecular weight excluding hydrogens is 350 g/mol. The first-order valence-corrected chi connectivity index (χ1v) is 8.91. The van der Waals surface area contributed by atoms with E-state index in [0.717, 1.165) is 10.5 Å². The van der Waals surface area contributed by atoms with Crippen molar-refractivity contribution in [1.82, 2.24) is 15.5 Å². The summed E-state index contributed by atoms with van der Waals surface area (Å²) in [5.74, 6) is -1.26. The highest BCUT2D eigenvalue weighted by atomic mass is 16.5. The lowest BCUT2D eigenvalue weighted by Gasteiger charge is -2.22. The molecule has 2 rings (SSSR count). The number of nitrogens with one attached hydrogen (secondary N) is 2. The van der Waals surface area contributed by atoms with Gasteiger partial charge in [-0.2, -0.15) is 0 Å². The molecule has 1 fully saturated rings. The minimum absolute atomic E-state index is 0.197. The topological polar surface area (TPSA) is 105 Å². The van der Waals surface area contributed by atoms with Crippen molar-refractivity contribution in [2.45, 2.75) is 39.2 Å². The van der Waals surface area contributed by atoms with Crippen molar-refractivity contribution in [1.29, 1.82) is 0 Å². The molecule has 8 nitrogen and oxygen atoms in total. The standard InChI is InChI=1S/C19H25N3O5/c1-4-27-16(24)6-5-11-20-15(23)12-22-17(25)19(3,21-18(22)26)14-9-7-13(2)8-10-14/h7-10H,4-6,11-12H2,1-3H3,(H,20,23)(H,21,26). The highest BCUT2D eigenvalue weighted by Crippen LogP contribution is 2.28. The average Bonchev–Trinajstić information content (AvgIpc) is 2.83. The second kappa shape index (κ2) is 8.66. The summed E-state index contributed by atoms with van der Waals surface area (Å²) in [7, 11) is 0. The molecule has 0 aliphatic carbocycles. The molecule has 1 unspecified atom stereocenters. The Morgan fingerprint density at radius 2 is 1.89 bits per heavy atom. The molecule has 0 aromatic heterocycles. The lowest BCUT2D eigenvalue weighted by atomic mass is 9.91. The van der Waals surface area contributed by atoms with Crippen molar-refractivity contribution < 1.29 is 23.9 Å². The number of carbonyl (C=O) groups excluding carboxylic acids is 4. The first-order valence-electron chi connectivity index (χ1n) is 8.91. The molecule has 8 heteroatoms. The van der Waals surface area contributed by atoms with Crippen LogP contribution in [0.2, 0.25) is 0 Å². The SMILES string of the molecule is CCOC(=O)CCCNC(=O)CN1C(=O)NC(C)(c2ccc(C)cc2)C1=O. The van der Waals surface area contributed by atoms with Crippen LogP contribution in [-0.2, 0) is 24.7 Å². The number of hydrogen-bond donors (Lipinski definition) is 2. The molecule has 1 aromatic rings. The van der Waals surface area contributed by atoms with E-state index in [9.17, 15) is 19.2 Å². The van der Waals surface area contributed by atoms with Crippen LogP contribution < -0.4 is 10.6 Å². The smallest absolute Gasteiger partial charge is 0.325 e. The Hall–Kier alpha value is -2.90. The van der Waals surface area contributed by atoms with E-state index in [0.29, 0.717) is 18.6 Å². The Balaban J connectivity index is 1.90. The molecular formula is C19H25N3O5. The van der Waals surface area contributed by atoms with Crippen molar-refractivity contribution in [2.24, 2.45) is 0 Å². The average molecular weight is 375 g/mol. The van der Waals surface area contributed by atoms with E-state index < -0.39 is 23.4 Å². The van der Waals surface area contributed by atoms with Crippen LogP contribution in [0.3, 0.4) is 0 Å². The normalized spacial score (nSPS) is 19.0. The molecule has 1 atom stereocenters. The van der Waals surface area contributed by atoms with Crippen molar-refractivity contribution >= 4 is 23.8 Å². The van der Waals surface area contributed by atoms with Crippen LogP contribution in [0.25, 0.3) is 0 Å². The lowest BCUT2D eigenvalue weighted by molar-refractivity contribution is -0.143. The maximum absolute atomic E-state index is 12.8. The van der Waals surface area contributed by atoms with Gasteiger partial charge in [-0.1, -0.05) is 29.8 Å². The van der Waals surface area contributed by atoms with Gasteiger partial charge in [-0.05, 0) is 32.8 Å². The Bertz CT molecular complexity index is 731. The molecule has 1 aliphatic rings. The van der Waals surface area contributed by atoms with Gasteiger partial charge in [0, 0.05) is 13.0 Å². The van der Waals surface area contributed by atoms with Crippen LogP contribution >= 0.6 is 0 Å². The number of esters is 1. The third-order valence-corrected chi connectivity index (χ3v) is 4.39. The fourth-order valence-corrected chi connectivity index (χ4v) is 2.82. The van der Waals surface area contributed by atoms with E-state index in [1.54, 1.807) is 26.0 Å². The minimum atomic E-state index is -1.20. The summed E-state index contributed by atoms with van der Waals surface area (Å²) >= 11 is 0. The number of amides is 4. The summed E-state index contributed by atoms with van der Waals surface area (Å²) in [5, 5.41) is 5.27. The Labute approximate surface area is 158 Å². The predicted molar refractivity (Wildman–Crippen MR) is 97.7 cm³/mol. The maximum Gasteiger partial charge on any atom is 0.325 e. The molecule has 1 heterocycles. The maximum atomic E-state index is 12.8. The Morgan fingerprint density at radius 1 is 1.22 bits per heavy atom. The van der Waals surface area contributed by atoms with Crippen LogP contribution in [0.5, 0.6) is 0 Å². The van der Waals surface area contributed by atoms with E-state index in [1.165, 1.54) is 0 Å². The van der Waals surface area contributed by atoms with E-state index in [1.807, 2.05) is 19.1 Å². The van der Waals surface area contributed by atoms with Crippen molar-refractivity contribution in [2.75, 3.05) is 19.7 Å². The van der Waals surface area contributed by atoms with Gasteiger partial charge in [0.25, 0.3) is 5.91 Å². The molecule has 146 valence electrons. The monoisotopic (exact) mass is 375 g/mol. The van der Waals surface area contributed by atoms with Crippen LogP contribution in [0.4, 0.5) is 4.79 Å². The fraction of sp³-hybridized carbons (Fsp3) is 0.474. The van der Waals surface area contributed by atoms with Crippen molar-refractivity contribution in [3.63, 3.8) is 0 Å². The first-order chi connectivity index (χ1) is 12.8. The van der Waals surface area contributed by atoms with Gasteiger partial charge in [0.15, 0.2) is 0 Å². The van der Waals surface area contributed by atoms with Gasteiger partial charge in [0.2, 0.25) is 5.91 Å². The quantitative estimate of drug-likeness (QED) is 0.404. The number of hydrogen-bond acceptors (Lipinski definition) is 5. The number of benzene rings is 1. The third-order valence-electron chi connectivity index (χ3n) is 4.39. The highest BCUT2D eigenvalue weighted by Gasteiger charge is 2.49.